The second kappa shape index (κ2) is 5.22. The summed E-state index contributed by atoms with van der Waals surface area (Å²) in [5.74, 6) is -19.7. The van der Waals surface area contributed by atoms with Crippen molar-refractivity contribution in [3.8, 4) is 6.07 Å². The first kappa shape index (κ1) is 18.4. The van der Waals surface area contributed by atoms with Crippen molar-refractivity contribution in [2.75, 3.05) is 0 Å². The Labute approximate surface area is 121 Å². The smallest absolute Gasteiger partial charge is 0.194 e. The molecule has 0 heterocycles. The molecule has 0 amide bonds. The Kier molecular flexibility index (Phi) is 4.37. The van der Waals surface area contributed by atoms with E-state index >= 15 is 0 Å². The van der Waals surface area contributed by atoms with Gasteiger partial charge in [-0.3, -0.25) is 0 Å². The van der Waals surface area contributed by atoms with Crippen molar-refractivity contribution in [3.05, 3.63) is 34.3 Å². The zero-order valence-electron chi connectivity index (χ0n) is 9.96. The normalized spacial score (nSPS) is 13.9. The van der Waals surface area contributed by atoms with Crippen LogP contribution in [0.5, 0.6) is 0 Å². The molecule has 0 aliphatic carbocycles. The van der Waals surface area contributed by atoms with E-state index in [0.29, 0.717) is 6.07 Å². The molecule has 0 atom stereocenters. The van der Waals surface area contributed by atoms with E-state index in [0.717, 1.165) is 0 Å². The van der Waals surface area contributed by atoms with Gasteiger partial charge in [-0.25, -0.2) is 0 Å². The molecule has 1 nitrogen and oxygen atoms in total. The van der Waals surface area contributed by atoms with Crippen LogP contribution in [0.25, 0.3) is 0 Å². The zero-order valence-corrected chi connectivity index (χ0v) is 10.7. The molecule has 122 valence electrons. The molecule has 0 N–H and O–H groups in total. The van der Waals surface area contributed by atoms with Crippen LogP contribution in [0.4, 0.5) is 39.5 Å². The molecule has 0 saturated heterocycles. The van der Waals surface area contributed by atoms with Gasteiger partial charge < -0.3 is 0 Å². The topological polar surface area (TPSA) is 23.8 Å². The van der Waals surface area contributed by atoms with Crippen LogP contribution < -0.4 is 0 Å². The van der Waals surface area contributed by atoms with E-state index in [1.54, 1.807) is 0 Å². The Morgan fingerprint density at radius 1 is 0.864 bits per heavy atom. The van der Waals surface area contributed by atoms with Gasteiger partial charge in [0.1, 0.15) is 6.07 Å². The zero-order chi connectivity index (χ0) is 17.6. The monoisotopic (exact) mass is 355 g/mol. The van der Waals surface area contributed by atoms with Crippen molar-refractivity contribution in [2.24, 2.45) is 0 Å². The van der Waals surface area contributed by atoms with E-state index in [-0.39, 0.29) is 12.1 Å². The Bertz CT molecular complexity index is 615. The molecule has 0 spiro atoms. The van der Waals surface area contributed by atoms with Gasteiger partial charge in [0.25, 0.3) is 0 Å². The summed E-state index contributed by atoms with van der Waals surface area (Å²) in [6.45, 7) is 0. The highest BCUT2D eigenvalue weighted by atomic mass is 35.5. The average Bonchev–Trinajstić information content (AvgIpc) is 2.37. The van der Waals surface area contributed by atoms with Crippen LogP contribution in [0, 0.1) is 11.3 Å². The maximum atomic E-state index is 13.5. The first-order chi connectivity index (χ1) is 9.70. The van der Waals surface area contributed by atoms with Crippen LogP contribution in [-0.2, 0) is 5.92 Å². The second-order valence-corrected chi connectivity index (χ2v) is 4.43. The minimum Gasteiger partial charge on any atom is -0.194 e. The SMILES string of the molecule is N#Cc1cc(C(F)(F)C(F)(F)C(F)(F)C(F)(F)F)ccc1Cl. The van der Waals surface area contributed by atoms with E-state index in [4.69, 9.17) is 16.9 Å². The first-order valence-electron chi connectivity index (χ1n) is 5.10. The first-order valence-corrected chi connectivity index (χ1v) is 5.48. The van der Waals surface area contributed by atoms with Gasteiger partial charge in [-0.2, -0.15) is 44.8 Å². The number of nitriles is 1. The highest BCUT2D eigenvalue weighted by molar-refractivity contribution is 6.31. The van der Waals surface area contributed by atoms with Crippen LogP contribution in [0.15, 0.2) is 18.2 Å². The lowest BCUT2D eigenvalue weighted by Gasteiger charge is -2.33. The summed E-state index contributed by atoms with van der Waals surface area (Å²) in [4.78, 5) is 0. The van der Waals surface area contributed by atoms with E-state index in [1.165, 1.54) is 6.07 Å². The lowest BCUT2D eigenvalue weighted by Crippen LogP contribution is -2.59. The van der Waals surface area contributed by atoms with Gasteiger partial charge in [0.15, 0.2) is 0 Å². The lowest BCUT2D eigenvalue weighted by atomic mass is 9.95. The molecule has 1 aromatic carbocycles. The molecule has 0 aromatic heterocycles. The standard InChI is InChI=1S/C11H3ClF9N/c12-7-2-1-6(3-5(7)4-22)8(13,14)9(15,16)10(17,18)11(19,20)21/h1-3H. The number of alkyl halides is 9. The van der Waals surface area contributed by atoms with Crippen molar-refractivity contribution in [2.45, 2.75) is 23.9 Å². The fraction of sp³-hybridized carbons (Fsp3) is 0.364. The van der Waals surface area contributed by atoms with Crippen LogP contribution >= 0.6 is 11.6 Å². The Morgan fingerprint density at radius 3 is 1.77 bits per heavy atom. The quantitative estimate of drug-likeness (QED) is 0.689. The van der Waals surface area contributed by atoms with Crippen LogP contribution in [0.3, 0.4) is 0 Å². The fourth-order valence-corrected chi connectivity index (χ4v) is 1.52. The Morgan fingerprint density at radius 2 is 1.36 bits per heavy atom. The van der Waals surface area contributed by atoms with E-state index in [9.17, 15) is 39.5 Å². The maximum absolute atomic E-state index is 13.5. The fourth-order valence-electron chi connectivity index (χ4n) is 1.36. The average molecular weight is 356 g/mol. The van der Waals surface area contributed by atoms with Crippen molar-refractivity contribution in [1.29, 1.82) is 5.26 Å². The summed E-state index contributed by atoms with van der Waals surface area (Å²) in [6, 6.07) is 1.86. The number of rotatable bonds is 3. The third kappa shape index (κ3) is 2.58. The van der Waals surface area contributed by atoms with Gasteiger partial charge >= 0.3 is 23.9 Å². The van der Waals surface area contributed by atoms with Crippen LogP contribution in [-0.4, -0.2) is 18.0 Å². The van der Waals surface area contributed by atoms with Gasteiger partial charge in [0.2, 0.25) is 0 Å². The molecule has 0 aliphatic rings. The molecular formula is C11H3ClF9N. The molecule has 0 bridgehead atoms. The predicted octanol–water partition coefficient (Wildman–Crippen LogP) is 5.14. The van der Waals surface area contributed by atoms with Crippen molar-refractivity contribution in [1.82, 2.24) is 0 Å². The predicted molar refractivity (Wildman–Crippen MR) is 56.0 cm³/mol. The van der Waals surface area contributed by atoms with Crippen molar-refractivity contribution in [3.63, 3.8) is 0 Å². The third-order valence-corrected chi connectivity index (χ3v) is 2.92. The number of hydrogen-bond donors (Lipinski definition) is 0. The summed E-state index contributed by atoms with van der Waals surface area (Å²) in [5, 5.41) is 8.04. The number of hydrogen-bond acceptors (Lipinski definition) is 1. The molecule has 0 fully saturated rings. The van der Waals surface area contributed by atoms with Gasteiger partial charge in [-0.05, 0) is 12.1 Å². The number of benzene rings is 1. The van der Waals surface area contributed by atoms with Gasteiger partial charge in [-0.15, -0.1) is 0 Å². The Balaban J connectivity index is 3.49. The third-order valence-electron chi connectivity index (χ3n) is 2.59. The van der Waals surface area contributed by atoms with Crippen LogP contribution in [0.2, 0.25) is 5.02 Å². The van der Waals surface area contributed by atoms with Crippen molar-refractivity contribution < 1.29 is 39.5 Å². The highest BCUT2D eigenvalue weighted by Crippen LogP contribution is 2.56. The van der Waals surface area contributed by atoms with E-state index in [1.807, 2.05) is 0 Å². The minimum atomic E-state index is -6.99. The molecule has 11 heteroatoms. The lowest BCUT2D eigenvalue weighted by molar-refractivity contribution is -0.399. The highest BCUT2D eigenvalue weighted by Gasteiger charge is 2.82. The second-order valence-electron chi connectivity index (χ2n) is 4.03. The van der Waals surface area contributed by atoms with E-state index < -0.39 is 40.1 Å². The minimum absolute atomic E-state index is 0.0166. The van der Waals surface area contributed by atoms with Crippen molar-refractivity contribution >= 4 is 11.6 Å². The molecule has 22 heavy (non-hydrogen) atoms. The molecule has 0 aliphatic heterocycles. The summed E-state index contributed by atoms with van der Waals surface area (Å²) in [7, 11) is 0. The largest absolute Gasteiger partial charge is 0.460 e. The molecule has 0 saturated carbocycles. The summed E-state index contributed by atoms with van der Waals surface area (Å²) in [5.41, 5.74) is -2.69. The summed E-state index contributed by atoms with van der Waals surface area (Å²) < 4.78 is 115. The van der Waals surface area contributed by atoms with Gasteiger partial charge in [-0.1, -0.05) is 17.7 Å². The molecule has 0 unspecified atom stereocenters. The number of halogens is 10. The van der Waals surface area contributed by atoms with Crippen LogP contribution in [0.1, 0.15) is 11.1 Å². The maximum Gasteiger partial charge on any atom is 0.460 e. The van der Waals surface area contributed by atoms with E-state index in [2.05, 4.69) is 0 Å². The number of nitrogens with zero attached hydrogens (tertiary/aromatic N) is 1. The van der Waals surface area contributed by atoms with Gasteiger partial charge in [0, 0.05) is 5.56 Å². The molecule has 0 radical (unpaired) electrons. The molecule has 1 aromatic rings. The molecular weight excluding hydrogens is 353 g/mol. The molecule has 1 rings (SSSR count). The summed E-state index contributed by atoms with van der Waals surface area (Å²) in [6.07, 6.45) is -6.90. The summed E-state index contributed by atoms with van der Waals surface area (Å²) >= 11 is 5.34. The Hall–Kier alpha value is -1.63. The van der Waals surface area contributed by atoms with Gasteiger partial charge in [0.05, 0.1) is 10.6 Å².